The molecule has 0 bridgehead atoms. The molecule has 4 nitrogen and oxygen atoms in total. The molecular weight excluding hydrogens is 294 g/mol. The summed E-state index contributed by atoms with van der Waals surface area (Å²) in [5, 5.41) is 0. The van der Waals surface area contributed by atoms with Crippen LogP contribution in [0, 0.1) is 0 Å². The van der Waals surface area contributed by atoms with Crippen LogP contribution in [0.4, 0.5) is 0 Å². The molecule has 0 saturated carbocycles. The van der Waals surface area contributed by atoms with Crippen molar-refractivity contribution in [1.29, 1.82) is 0 Å². The Morgan fingerprint density at radius 2 is 2.00 bits per heavy atom. The molecule has 0 fully saturated rings. The minimum absolute atomic E-state index is 0.0686. The second kappa shape index (κ2) is 4.03. The zero-order valence-electron chi connectivity index (χ0n) is 8.34. The van der Waals surface area contributed by atoms with Crippen molar-refractivity contribution in [2.24, 2.45) is 4.99 Å². The van der Waals surface area contributed by atoms with E-state index in [-0.39, 0.29) is 8.86 Å². The minimum atomic E-state index is -3.50. The van der Waals surface area contributed by atoms with Gasteiger partial charge >= 0.3 is 0 Å². The van der Waals surface area contributed by atoms with Crippen molar-refractivity contribution in [3.05, 3.63) is 36.0 Å². The fraction of sp³-hybridized carbons (Fsp3) is 0.100. The van der Waals surface area contributed by atoms with Crippen LogP contribution < -0.4 is 4.74 Å². The van der Waals surface area contributed by atoms with Crippen LogP contribution in [0.25, 0.3) is 4.91 Å². The lowest BCUT2D eigenvalue weighted by atomic mass is 10.2. The predicted molar refractivity (Wildman–Crippen MR) is 66.3 cm³/mol. The number of benzene rings is 1. The number of halogens is 1. The molecule has 1 aliphatic heterocycles. The van der Waals surface area contributed by atoms with E-state index in [1.54, 1.807) is 24.3 Å². The van der Waals surface area contributed by atoms with Crippen molar-refractivity contribution in [2.75, 3.05) is 7.11 Å². The van der Waals surface area contributed by atoms with Crippen LogP contribution in [0.5, 0.6) is 5.75 Å². The number of ether oxygens (including phenoxy) is 1. The average molecular weight is 302 g/mol. The van der Waals surface area contributed by atoms with Crippen molar-refractivity contribution in [3.63, 3.8) is 0 Å². The van der Waals surface area contributed by atoms with Crippen molar-refractivity contribution in [3.8, 4) is 5.75 Å². The van der Waals surface area contributed by atoms with Gasteiger partial charge in [0.25, 0.3) is 0 Å². The first-order chi connectivity index (χ1) is 7.57. The first-order valence-electron chi connectivity index (χ1n) is 4.39. The van der Waals surface area contributed by atoms with E-state index in [2.05, 4.69) is 20.9 Å². The molecule has 0 saturated heterocycles. The fourth-order valence-corrected chi connectivity index (χ4v) is 3.05. The highest BCUT2D eigenvalue weighted by molar-refractivity contribution is 9.22. The van der Waals surface area contributed by atoms with Gasteiger partial charge in [-0.1, -0.05) is 12.1 Å². The Hall–Kier alpha value is -1.14. The molecule has 1 aliphatic rings. The van der Waals surface area contributed by atoms with Crippen molar-refractivity contribution in [2.45, 2.75) is 0 Å². The Bertz CT molecular complexity index is 590. The van der Waals surface area contributed by atoms with E-state index >= 15 is 0 Å². The molecular formula is C10H8BrNO3S. The molecule has 0 atom stereocenters. The summed E-state index contributed by atoms with van der Waals surface area (Å²) >= 11 is 2.91. The molecule has 0 spiro atoms. The highest BCUT2D eigenvalue weighted by atomic mass is 79.9. The molecule has 6 heteroatoms. The second-order valence-corrected chi connectivity index (χ2v) is 6.19. The maximum atomic E-state index is 11.9. The van der Waals surface area contributed by atoms with E-state index in [9.17, 15) is 8.42 Å². The maximum Gasteiger partial charge on any atom is 0.232 e. The second-order valence-electron chi connectivity index (χ2n) is 3.08. The summed E-state index contributed by atoms with van der Waals surface area (Å²) in [4.78, 5) is 3.90. The summed E-state index contributed by atoms with van der Waals surface area (Å²) in [5.41, 5.74) is 0.517. The molecule has 1 aromatic rings. The number of nitrogens with zero attached hydrogens (tertiary/aromatic N) is 1. The van der Waals surface area contributed by atoms with E-state index in [0.717, 1.165) is 0 Å². The third-order valence-corrected chi connectivity index (χ3v) is 5.10. The SMILES string of the molecule is COc1ccccc1C1=CN=C(Br)S1(=O)=O. The molecule has 0 N–H and O–H groups in total. The van der Waals surface area contributed by atoms with Crippen molar-refractivity contribution >= 4 is 34.6 Å². The van der Waals surface area contributed by atoms with Gasteiger partial charge in [0.15, 0.2) is 0 Å². The number of para-hydroxylation sites is 1. The van der Waals surface area contributed by atoms with Gasteiger partial charge in [-0.3, -0.25) is 0 Å². The molecule has 84 valence electrons. The first kappa shape index (κ1) is 11.3. The number of hydrogen-bond acceptors (Lipinski definition) is 4. The van der Waals surface area contributed by atoms with Crippen molar-refractivity contribution in [1.82, 2.24) is 0 Å². The molecule has 1 heterocycles. The minimum Gasteiger partial charge on any atom is -0.496 e. The third kappa shape index (κ3) is 1.68. The third-order valence-electron chi connectivity index (χ3n) is 2.17. The number of hydrogen-bond donors (Lipinski definition) is 0. The predicted octanol–water partition coefficient (Wildman–Crippen LogP) is 2.17. The molecule has 0 radical (unpaired) electrons. The summed E-state index contributed by atoms with van der Waals surface area (Å²) < 4.78 is 28.8. The number of methoxy groups -OCH3 is 1. The van der Waals surface area contributed by atoms with E-state index in [4.69, 9.17) is 4.74 Å². The molecule has 1 aromatic carbocycles. The van der Waals surface area contributed by atoms with Crippen LogP contribution in [0.3, 0.4) is 0 Å². The standard InChI is InChI=1S/C10H8BrNO3S/c1-15-8-5-3-2-4-7(8)9-6-12-10(11)16(9,13)14/h2-6H,1H3. The van der Waals surface area contributed by atoms with Crippen LogP contribution in [0.1, 0.15) is 5.56 Å². The molecule has 0 unspecified atom stereocenters. The number of rotatable bonds is 2. The van der Waals surface area contributed by atoms with Gasteiger partial charge in [-0.15, -0.1) is 0 Å². The topological polar surface area (TPSA) is 55.7 Å². The highest BCUT2D eigenvalue weighted by Crippen LogP contribution is 2.34. The zero-order chi connectivity index (χ0) is 11.8. The highest BCUT2D eigenvalue weighted by Gasteiger charge is 2.30. The summed E-state index contributed by atoms with van der Waals surface area (Å²) in [6, 6.07) is 6.92. The van der Waals surface area contributed by atoms with Crippen LogP contribution in [-0.2, 0) is 9.84 Å². The van der Waals surface area contributed by atoms with E-state index < -0.39 is 9.84 Å². The van der Waals surface area contributed by atoms with Gasteiger partial charge < -0.3 is 4.74 Å². The lowest BCUT2D eigenvalue weighted by Gasteiger charge is -2.08. The number of sulfone groups is 1. The monoisotopic (exact) mass is 301 g/mol. The van der Waals surface area contributed by atoms with Crippen LogP contribution >= 0.6 is 15.9 Å². The molecule has 0 aromatic heterocycles. The Morgan fingerprint density at radius 3 is 2.56 bits per heavy atom. The van der Waals surface area contributed by atoms with Gasteiger partial charge in [0.05, 0.1) is 7.11 Å². The van der Waals surface area contributed by atoms with Gasteiger partial charge in [-0.25, -0.2) is 13.4 Å². The zero-order valence-corrected chi connectivity index (χ0v) is 10.7. The van der Waals surface area contributed by atoms with E-state index in [1.807, 2.05) is 0 Å². The quantitative estimate of drug-likeness (QED) is 0.841. The largest absolute Gasteiger partial charge is 0.496 e. The summed E-state index contributed by atoms with van der Waals surface area (Å²) in [7, 11) is -2.01. The average Bonchev–Trinajstić information content (AvgIpc) is 2.54. The first-order valence-corrected chi connectivity index (χ1v) is 6.67. The molecule has 0 aliphatic carbocycles. The normalized spacial score (nSPS) is 17.9. The Balaban J connectivity index is 2.57. The Kier molecular flexibility index (Phi) is 2.86. The van der Waals surface area contributed by atoms with Gasteiger partial charge in [0.1, 0.15) is 10.7 Å². The van der Waals surface area contributed by atoms with Gasteiger partial charge in [0.2, 0.25) is 13.8 Å². The van der Waals surface area contributed by atoms with Crippen LogP contribution in [-0.4, -0.2) is 19.5 Å². The Labute approximate surface area is 102 Å². The molecule has 0 amide bonds. The van der Waals surface area contributed by atoms with Gasteiger partial charge in [0, 0.05) is 11.8 Å². The molecule has 2 rings (SSSR count). The lowest BCUT2D eigenvalue weighted by Crippen LogP contribution is -2.06. The smallest absolute Gasteiger partial charge is 0.232 e. The van der Waals surface area contributed by atoms with E-state index in [1.165, 1.54) is 13.3 Å². The summed E-state index contributed by atoms with van der Waals surface area (Å²) in [6.07, 6.45) is 1.32. The summed E-state index contributed by atoms with van der Waals surface area (Å²) in [6.45, 7) is 0. The van der Waals surface area contributed by atoms with Crippen LogP contribution in [0.15, 0.2) is 35.5 Å². The fourth-order valence-electron chi connectivity index (χ4n) is 1.40. The van der Waals surface area contributed by atoms with Gasteiger partial charge in [-0.05, 0) is 28.1 Å². The number of aliphatic imine (C=N–C) groups is 1. The van der Waals surface area contributed by atoms with E-state index in [0.29, 0.717) is 11.3 Å². The summed E-state index contributed by atoms with van der Waals surface area (Å²) in [5.74, 6) is 0.509. The Morgan fingerprint density at radius 1 is 1.31 bits per heavy atom. The van der Waals surface area contributed by atoms with Gasteiger partial charge in [-0.2, -0.15) is 0 Å². The van der Waals surface area contributed by atoms with Crippen LogP contribution in [0.2, 0.25) is 0 Å². The molecule has 16 heavy (non-hydrogen) atoms. The lowest BCUT2D eigenvalue weighted by molar-refractivity contribution is 0.413. The van der Waals surface area contributed by atoms with Crippen molar-refractivity contribution < 1.29 is 13.2 Å². The maximum absolute atomic E-state index is 11.9.